The van der Waals surface area contributed by atoms with Crippen molar-refractivity contribution in [3.8, 4) is 5.75 Å². The van der Waals surface area contributed by atoms with E-state index in [1.807, 2.05) is 0 Å². The molecule has 0 radical (unpaired) electrons. The van der Waals surface area contributed by atoms with Crippen LogP contribution in [0.15, 0.2) is 18.2 Å². The SMILES string of the molecule is COc1ccc(N)cc1NC(=O)C(C)N(C)CC(F)(F)F. The highest BCUT2D eigenvalue weighted by atomic mass is 19.4. The van der Waals surface area contributed by atoms with E-state index in [1.54, 1.807) is 12.1 Å². The summed E-state index contributed by atoms with van der Waals surface area (Å²) in [7, 11) is 2.65. The molecular weight excluding hydrogens is 287 g/mol. The van der Waals surface area contributed by atoms with E-state index in [2.05, 4.69) is 5.32 Å². The number of likely N-dealkylation sites (N-methyl/N-ethyl adjacent to an activating group) is 1. The van der Waals surface area contributed by atoms with E-state index in [0.717, 1.165) is 4.90 Å². The summed E-state index contributed by atoms with van der Waals surface area (Å²) in [6, 6.07) is 3.67. The number of rotatable bonds is 5. The summed E-state index contributed by atoms with van der Waals surface area (Å²) >= 11 is 0. The maximum atomic E-state index is 12.3. The van der Waals surface area contributed by atoms with Crippen LogP contribution in [0.3, 0.4) is 0 Å². The predicted molar refractivity (Wildman–Crippen MR) is 74.2 cm³/mol. The van der Waals surface area contributed by atoms with E-state index in [4.69, 9.17) is 10.5 Å². The molecule has 1 aromatic rings. The molecule has 1 atom stereocenters. The molecule has 1 rings (SSSR count). The van der Waals surface area contributed by atoms with Gasteiger partial charge in [0.25, 0.3) is 0 Å². The van der Waals surface area contributed by atoms with E-state index < -0.39 is 24.7 Å². The van der Waals surface area contributed by atoms with Gasteiger partial charge in [0.2, 0.25) is 5.91 Å². The second kappa shape index (κ2) is 6.66. The fourth-order valence-electron chi connectivity index (χ4n) is 1.68. The summed E-state index contributed by atoms with van der Waals surface area (Å²) in [6.07, 6.45) is -4.36. The third-order valence-electron chi connectivity index (χ3n) is 2.95. The molecule has 0 spiro atoms. The summed E-state index contributed by atoms with van der Waals surface area (Å²) in [5.74, 6) is -0.200. The molecule has 1 unspecified atom stereocenters. The molecule has 118 valence electrons. The fourth-order valence-corrected chi connectivity index (χ4v) is 1.68. The Bertz CT molecular complexity index is 506. The number of alkyl halides is 3. The quantitative estimate of drug-likeness (QED) is 0.818. The smallest absolute Gasteiger partial charge is 0.401 e. The molecule has 0 aromatic heterocycles. The van der Waals surface area contributed by atoms with Crippen LogP contribution in [0.25, 0.3) is 0 Å². The number of carbonyl (C=O) groups is 1. The molecule has 0 bridgehead atoms. The van der Waals surface area contributed by atoms with Crippen LogP contribution >= 0.6 is 0 Å². The highest BCUT2D eigenvalue weighted by molar-refractivity contribution is 5.96. The van der Waals surface area contributed by atoms with Crippen molar-refractivity contribution in [3.05, 3.63) is 18.2 Å². The largest absolute Gasteiger partial charge is 0.495 e. The Morgan fingerprint density at radius 1 is 1.48 bits per heavy atom. The minimum Gasteiger partial charge on any atom is -0.495 e. The number of nitrogens with one attached hydrogen (secondary N) is 1. The number of methoxy groups -OCH3 is 1. The molecule has 3 N–H and O–H groups in total. The minimum absolute atomic E-state index is 0.315. The van der Waals surface area contributed by atoms with Crippen molar-refractivity contribution >= 4 is 17.3 Å². The van der Waals surface area contributed by atoms with Crippen LogP contribution in [-0.2, 0) is 4.79 Å². The van der Waals surface area contributed by atoms with Gasteiger partial charge in [0.05, 0.1) is 25.4 Å². The average Bonchev–Trinajstić information content (AvgIpc) is 2.36. The summed E-state index contributed by atoms with van der Waals surface area (Å²) in [5, 5.41) is 2.52. The second-order valence-electron chi connectivity index (χ2n) is 4.66. The molecule has 5 nitrogen and oxygen atoms in total. The number of benzene rings is 1. The zero-order valence-corrected chi connectivity index (χ0v) is 12.0. The molecule has 1 aromatic carbocycles. The van der Waals surface area contributed by atoms with Crippen molar-refractivity contribution < 1.29 is 22.7 Å². The Kier molecular flexibility index (Phi) is 5.42. The Morgan fingerprint density at radius 2 is 2.10 bits per heavy atom. The van der Waals surface area contributed by atoms with Gasteiger partial charge < -0.3 is 15.8 Å². The lowest BCUT2D eigenvalue weighted by atomic mass is 10.2. The van der Waals surface area contributed by atoms with E-state index in [0.29, 0.717) is 17.1 Å². The third kappa shape index (κ3) is 5.14. The number of hydrogen-bond donors (Lipinski definition) is 2. The molecule has 0 fully saturated rings. The van der Waals surface area contributed by atoms with Gasteiger partial charge >= 0.3 is 6.18 Å². The first kappa shape index (κ1) is 17.1. The average molecular weight is 305 g/mol. The standard InChI is InChI=1S/C13H18F3N3O2/c1-8(19(2)7-13(14,15)16)12(20)18-10-6-9(17)4-5-11(10)21-3/h4-6,8H,7,17H2,1-3H3,(H,18,20). The topological polar surface area (TPSA) is 67.6 Å². The minimum atomic E-state index is -4.36. The van der Waals surface area contributed by atoms with Crippen LogP contribution < -0.4 is 15.8 Å². The molecule has 0 saturated carbocycles. The summed E-state index contributed by atoms with van der Waals surface area (Å²) < 4.78 is 42.0. The van der Waals surface area contributed by atoms with Gasteiger partial charge in [-0.2, -0.15) is 13.2 Å². The van der Waals surface area contributed by atoms with E-state index >= 15 is 0 Å². The molecule has 0 aliphatic rings. The first-order chi connectivity index (χ1) is 9.64. The Balaban J connectivity index is 2.79. The molecular formula is C13H18F3N3O2. The maximum absolute atomic E-state index is 12.3. The Morgan fingerprint density at radius 3 is 2.62 bits per heavy atom. The molecule has 21 heavy (non-hydrogen) atoms. The van der Waals surface area contributed by atoms with E-state index in [1.165, 1.54) is 27.1 Å². The number of amides is 1. The van der Waals surface area contributed by atoms with Gasteiger partial charge in [0.1, 0.15) is 5.75 Å². The van der Waals surface area contributed by atoms with Gasteiger partial charge in [-0.1, -0.05) is 0 Å². The number of nitrogens with zero attached hydrogens (tertiary/aromatic N) is 1. The summed E-state index contributed by atoms with van der Waals surface area (Å²) in [5.41, 5.74) is 6.33. The Hall–Kier alpha value is -1.96. The van der Waals surface area contributed by atoms with Gasteiger partial charge in [-0.3, -0.25) is 9.69 Å². The number of nitrogen functional groups attached to an aromatic ring is 1. The van der Waals surface area contributed by atoms with Crippen molar-refractivity contribution in [1.29, 1.82) is 0 Å². The molecule has 0 heterocycles. The van der Waals surface area contributed by atoms with Gasteiger partial charge in [0, 0.05) is 5.69 Å². The van der Waals surface area contributed by atoms with Gasteiger partial charge in [-0.05, 0) is 32.2 Å². The van der Waals surface area contributed by atoms with Crippen LogP contribution in [0.2, 0.25) is 0 Å². The lowest BCUT2D eigenvalue weighted by molar-refractivity contribution is -0.149. The molecule has 0 aliphatic heterocycles. The zero-order valence-electron chi connectivity index (χ0n) is 12.0. The van der Waals surface area contributed by atoms with Gasteiger partial charge in [-0.15, -0.1) is 0 Å². The number of carbonyl (C=O) groups excluding carboxylic acids is 1. The molecule has 0 saturated heterocycles. The Labute approximate surface area is 120 Å². The van der Waals surface area contributed by atoms with Crippen LogP contribution in [0.1, 0.15) is 6.92 Å². The highest BCUT2D eigenvalue weighted by Gasteiger charge is 2.32. The molecule has 8 heteroatoms. The lowest BCUT2D eigenvalue weighted by Gasteiger charge is -2.25. The normalized spacial score (nSPS) is 13.1. The summed E-state index contributed by atoms with van der Waals surface area (Å²) in [4.78, 5) is 12.9. The number of nitrogens with two attached hydrogens (primary N) is 1. The van der Waals surface area contributed by atoms with Crippen molar-refractivity contribution in [3.63, 3.8) is 0 Å². The lowest BCUT2D eigenvalue weighted by Crippen LogP contribution is -2.44. The first-order valence-electron chi connectivity index (χ1n) is 6.15. The monoisotopic (exact) mass is 305 g/mol. The fraction of sp³-hybridized carbons (Fsp3) is 0.462. The number of anilines is 2. The van der Waals surface area contributed by atoms with Crippen molar-refractivity contribution in [2.45, 2.75) is 19.1 Å². The first-order valence-corrected chi connectivity index (χ1v) is 6.15. The van der Waals surface area contributed by atoms with Crippen LogP contribution in [0, 0.1) is 0 Å². The van der Waals surface area contributed by atoms with Crippen LogP contribution in [-0.4, -0.2) is 43.7 Å². The van der Waals surface area contributed by atoms with Gasteiger partial charge in [0.15, 0.2) is 0 Å². The maximum Gasteiger partial charge on any atom is 0.401 e. The van der Waals surface area contributed by atoms with Crippen molar-refractivity contribution in [2.24, 2.45) is 0 Å². The van der Waals surface area contributed by atoms with Crippen LogP contribution in [0.4, 0.5) is 24.5 Å². The zero-order chi connectivity index (χ0) is 16.2. The highest BCUT2D eigenvalue weighted by Crippen LogP contribution is 2.27. The third-order valence-corrected chi connectivity index (χ3v) is 2.95. The van der Waals surface area contributed by atoms with Crippen LogP contribution in [0.5, 0.6) is 5.75 Å². The second-order valence-corrected chi connectivity index (χ2v) is 4.66. The van der Waals surface area contributed by atoms with Gasteiger partial charge in [-0.25, -0.2) is 0 Å². The summed E-state index contributed by atoms with van der Waals surface area (Å²) in [6.45, 7) is 0.218. The van der Waals surface area contributed by atoms with Crippen molar-refractivity contribution in [1.82, 2.24) is 4.90 Å². The van der Waals surface area contributed by atoms with E-state index in [9.17, 15) is 18.0 Å². The van der Waals surface area contributed by atoms with E-state index in [-0.39, 0.29) is 0 Å². The van der Waals surface area contributed by atoms with Crippen molar-refractivity contribution in [2.75, 3.05) is 31.8 Å². The number of halogens is 3. The number of ether oxygens (including phenoxy) is 1. The molecule has 1 amide bonds. The molecule has 0 aliphatic carbocycles. The number of hydrogen-bond acceptors (Lipinski definition) is 4. The predicted octanol–water partition coefficient (Wildman–Crippen LogP) is 2.10.